The first-order valence-electron chi connectivity index (χ1n) is 6.68. The first-order valence-corrected chi connectivity index (χ1v) is 6.68. The van der Waals surface area contributed by atoms with Crippen molar-refractivity contribution in [3.8, 4) is 5.75 Å². The van der Waals surface area contributed by atoms with Crippen molar-refractivity contribution >= 4 is 11.6 Å². The Kier molecular flexibility index (Phi) is 5.28. The smallest absolute Gasteiger partial charge is 0.273 e. The van der Waals surface area contributed by atoms with Crippen molar-refractivity contribution in [3.63, 3.8) is 0 Å². The molecule has 0 radical (unpaired) electrons. The van der Waals surface area contributed by atoms with Crippen molar-refractivity contribution in [2.45, 2.75) is 6.42 Å². The second-order valence-corrected chi connectivity index (χ2v) is 4.64. The molecule has 7 heteroatoms. The Morgan fingerprint density at radius 3 is 3.05 bits per heavy atom. The SMILES string of the molecule is O=C(COc1cccc([N+](=O)[O-])c1)NCC1=CCNCC1. The zero-order valence-corrected chi connectivity index (χ0v) is 11.5. The van der Waals surface area contributed by atoms with Crippen molar-refractivity contribution in [3.05, 3.63) is 46.0 Å². The molecule has 0 atom stereocenters. The number of nitro groups is 1. The Balaban J connectivity index is 1.77. The highest BCUT2D eigenvalue weighted by molar-refractivity contribution is 5.77. The third-order valence-electron chi connectivity index (χ3n) is 3.07. The Morgan fingerprint density at radius 2 is 2.33 bits per heavy atom. The fourth-order valence-electron chi connectivity index (χ4n) is 1.93. The van der Waals surface area contributed by atoms with Gasteiger partial charge in [-0.2, -0.15) is 0 Å². The predicted octanol–water partition coefficient (Wildman–Crippen LogP) is 1.01. The monoisotopic (exact) mass is 291 g/mol. The van der Waals surface area contributed by atoms with Gasteiger partial charge >= 0.3 is 0 Å². The number of non-ortho nitro benzene ring substituents is 1. The number of ether oxygens (including phenoxy) is 1. The standard InChI is InChI=1S/C14H17N3O4/c18-14(16-9-11-4-6-15-7-5-11)10-21-13-3-1-2-12(8-13)17(19)20/h1-4,8,15H,5-7,9-10H2,(H,16,18). The Hall–Kier alpha value is -2.41. The van der Waals surface area contributed by atoms with Gasteiger partial charge in [0.25, 0.3) is 11.6 Å². The predicted molar refractivity (Wildman–Crippen MR) is 77.2 cm³/mol. The number of hydrogen-bond acceptors (Lipinski definition) is 5. The van der Waals surface area contributed by atoms with Crippen molar-refractivity contribution in [1.29, 1.82) is 0 Å². The fourth-order valence-corrected chi connectivity index (χ4v) is 1.93. The Labute approximate surface area is 122 Å². The minimum Gasteiger partial charge on any atom is -0.484 e. The van der Waals surface area contributed by atoms with Crippen molar-refractivity contribution in [1.82, 2.24) is 10.6 Å². The number of hydrogen-bond donors (Lipinski definition) is 2. The minimum absolute atomic E-state index is 0.0623. The molecule has 0 bridgehead atoms. The first-order chi connectivity index (χ1) is 10.1. The molecule has 2 rings (SSSR count). The van der Waals surface area contributed by atoms with Gasteiger partial charge in [0.15, 0.2) is 6.61 Å². The topological polar surface area (TPSA) is 93.5 Å². The maximum Gasteiger partial charge on any atom is 0.273 e. The van der Waals surface area contributed by atoms with Gasteiger partial charge in [0.05, 0.1) is 11.0 Å². The van der Waals surface area contributed by atoms with Gasteiger partial charge in [0.1, 0.15) is 5.75 Å². The van der Waals surface area contributed by atoms with E-state index in [1.54, 1.807) is 6.07 Å². The summed E-state index contributed by atoms with van der Waals surface area (Å²) in [6, 6.07) is 5.76. The molecule has 0 fully saturated rings. The molecule has 1 aliphatic rings. The van der Waals surface area contributed by atoms with Crippen LogP contribution in [0.15, 0.2) is 35.9 Å². The number of carbonyl (C=O) groups is 1. The van der Waals surface area contributed by atoms with Crippen LogP contribution in [-0.2, 0) is 4.79 Å². The second-order valence-electron chi connectivity index (χ2n) is 4.64. The van der Waals surface area contributed by atoms with Gasteiger partial charge in [0, 0.05) is 19.2 Å². The molecule has 1 aliphatic heterocycles. The van der Waals surface area contributed by atoms with Crippen LogP contribution in [0.1, 0.15) is 6.42 Å². The molecule has 0 saturated heterocycles. The molecule has 2 N–H and O–H groups in total. The maximum absolute atomic E-state index is 11.7. The highest BCUT2D eigenvalue weighted by Crippen LogP contribution is 2.18. The van der Waals surface area contributed by atoms with Crippen LogP contribution in [0.5, 0.6) is 5.75 Å². The highest BCUT2D eigenvalue weighted by atomic mass is 16.6. The van der Waals surface area contributed by atoms with E-state index in [9.17, 15) is 14.9 Å². The van der Waals surface area contributed by atoms with E-state index in [1.165, 1.54) is 23.8 Å². The number of carbonyl (C=O) groups excluding carboxylic acids is 1. The van der Waals surface area contributed by atoms with E-state index >= 15 is 0 Å². The summed E-state index contributed by atoms with van der Waals surface area (Å²) >= 11 is 0. The van der Waals surface area contributed by atoms with E-state index in [0.717, 1.165) is 19.5 Å². The average molecular weight is 291 g/mol. The number of nitrogens with zero attached hydrogens (tertiary/aromatic N) is 1. The molecule has 0 unspecified atom stereocenters. The van der Waals surface area contributed by atoms with E-state index in [2.05, 4.69) is 16.7 Å². The number of nitrogens with one attached hydrogen (secondary N) is 2. The van der Waals surface area contributed by atoms with E-state index < -0.39 is 4.92 Å². The molecule has 21 heavy (non-hydrogen) atoms. The van der Waals surface area contributed by atoms with Crippen molar-refractivity contribution in [2.75, 3.05) is 26.2 Å². The summed E-state index contributed by atoms with van der Waals surface area (Å²) in [4.78, 5) is 21.8. The first kappa shape index (κ1) is 15.0. The lowest BCUT2D eigenvalue weighted by Crippen LogP contribution is -2.32. The molecule has 1 aromatic rings. The van der Waals surface area contributed by atoms with Crippen LogP contribution >= 0.6 is 0 Å². The van der Waals surface area contributed by atoms with Crippen LogP contribution in [-0.4, -0.2) is 37.1 Å². The van der Waals surface area contributed by atoms with Crippen LogP contribution < -0.4 is 15.4 Å². The van der Waals surface area contributed by atoms with Crippen molar-refractivity contribution < 1.29 is 14.5 Å². The van der Waals surface area contributed by atoms with Crippen LogP contribution in [0.4, 0.5) is 5.69 Å². The van der Waals surface area contributed by atoms with E-state index in [-0.39, 0.29) is 18.2 Å². The summed E-state index contributed by atoms with van der Waals surface area (Å²) in [5, 5.41) is 16.6. The molecule has 0 spiro atoms. The Bertz CT molecular complexity index is 557. The molecular weight excluding hydrogens is 274 g/mol. The molecule has 1 amide bonds. The third-order valence-corrected chi connectivity index (χ3v) is 3.07. The van der Waals surface area contributed by atoms with Crippen LogP contribution in [0.25, 0.3) is 0 Å². The quantitative estimate of drug-likeness (QED) is 0.463. The van der Waals surface area contributed by atoms with Gasteiger partial charge in [-0.3, -0.25) is 14.9 Å². The number of benzene rings is 1. The Morgan fingerprint density at radius 1 is 1.48 bits per heavy atom. The lowest BCUT2D eigenvalue weighted by Gasteiger charge is -2.14. The maximum atomic E-state index is 11.7. The van der Waals surface area contributed by atoms with Gasteiger partial charge in [-0.05, 0) is 19.0 Å². The van der Waals surface area contributed by atoms with Crippen molar-refractivity contribution in [2.24, 2.45) is 0 Å². The van der Waals surface area contributed by atoms with Crippen LogP contribution in [0, 0.1) is 10.1 Å². The zero-order valence-electron chi connectivity index (χ0n) is 11.5. The minimum atomic E-state index is -0.503. The summed E-state index contributed by atoms with van der Waals surface area (Å²) in [5.74, 6) is 0.0568. The zero-order chi connectivity index (χ0) is 15.1. The fraction of sp³-hybridized carbons (Fsp3) is 0.357. The summed E-state index contributed by atoms with van der Waals surface area (Å²) < 4.78 is 5.25. The molecule has 1 aromatic carbocycles. The number of nitro benzene ring substituents is 1. The molecule has 7 nitrogen and oxygen atoms in total. The normalized spacial score (nSPS) is 14.2. The van der Waals surface area contributed by atoms with E-state index in [4.69, 9.17) is 4.74 Å². The lowest BCUT2D eigenvalue weighted by molar-refractivity contribution is -0.384. The van der Waals surface area contributed by atoms with Crippen LogP contribution in [0.2, 0.25) is 0 Å². The second kappa shape index (κ2) is 7.39. The van der Waals surface area contributed by atoms with Crippen LogP contribution in [0.3, 0.4) is 0 Å². The molecular formula is C14H17N3O4. The average Bonchev–Trinajstić information content (AvgIpc) is 2.52. The van der Waals surface area contributed by atoms with E-state index in [0.29, 0.717) is 12.3 Å². The lowest BCUT2D eigenvalue weighted by atomic mass is 10.1. The molecule has 1 heterocycles. The molecule has 112 valence electrons. The summed E-state index contributed by atoms with van der Waals surface area (Å²) in [5.41, 5.74) is 1.13. The van der Waals surface area contributed by atoms with Gasteiger partial charge in [0.2, 0.25) is 0 Å². The van der Waals surface area contributed by atoms with Gasteiger partial charge in [-0.15, -0.1) is 0 Å². The number of rotatable bonds is 6. The van der Waals surface area contributed by atoms with Gasteiger partial charge in [-0.1, -0.05) is 17.7 Å². The highest BCUT2D eigenvalue weighted by Gasteiger charge is 2.09. The summed E-state index contributed by atoms with van der Waals surface area (Å²) in [6.45, 7) is 2.10. The molecule has 0 aliphatic carbocycles. The summed E-state index contributed by atoms with van der Waals surface area (Å²) in [7, 11) is 0. The van der Waals surface area contributed by atoms with E-state index in [1.807, 2.05) is 0 Å². The third kappa shape index (κ3) is 4.88. The largest absolute Gasteiger partial charge is 0.484 e. The molecule has 0 saturated carbocycles. The summed E-state index contributed by atoms with van der Waals surface area (Å²) in [6.07, 6.45) is 2.98. The number of amides is 1. The molecule has 0 aromatic heterocycles. The van der Waals surface area contributed by atoms with Gasteiger partial charge < -0.3 is 15.4 Å². The van der Waals surface area contributed by atoms with Gasteiger partial charge in [-0.25, -0.2) is 0 Å².